The second-order valence-corrected chi connectivity index (χ2v) is 5.03. The maximum absolute atomic E-state index is 12.2. The first-order valence-corrected chi connectivity index (χ1v) is 7.33. The molecule has 0 atom stereocenters. The van der Waals surface area contributed by atoms with E-state index in [9.17, 15) is 4.79 Å². The molecule has 2 N–H and O–H groups in total. The molecule has 7 heteroatoms. The van der Waals surface area contributed by atoms with Crippen molar-refractivity contribution < 1.29 is 4.79 Å². The van der Waals surface area contributed by atoms with Gasteiger partial charge in [0.2, 0.25) is 0 Å². The fraction of sp³-hybridized carbons (Fsp3) is 0.385. The summed E-state index contributed by atoms with van der Waals surface area (Å²) in [5, 5.41) is 10.3. The van der Waals surface area contributed by atoms with Crippen molar-refractivity contribution in [1.29, 1.82) is 0 Å². The predicted molar refractivity (Wildman–Crippen MR) is 80.3 cm³/mol. The van der Waals surface area contributed by atoms with E-state index in [1.165, 1.54) is 6.20 Å². The molecule has 0 aromatic carbocycles. The fourth-order valence-corrected chi connectivity index (χ4v) is 2.06. The lowest BCUT2D eigenvalue weighted by Crippen LogP contribution is -2.13. The number of aryl methyl sites for hydroxylation is 1. The van der Waals surface area contributed by atoms with E-state index in [-0.39, 0.29) is 5.91 Å². The zero-order valence-corrected chi connectivity index (χ0v) is 12.3. The summed E-state index contributed by atoms with van der Waals surface area (Å²) in [6.07, 6.45) is 3.32. The van der Waals surface area contributed by atoms with Gasteiger partial charge in [-0.2, -0.15) is 0 Å². The van der Waals surface area contributed by atoms with Gasteiger partial charge in [0, 0.05) is 29.3 Å². The van der Waals surface area contributed by atoms with E-state index >= 15 is 0 Å². The minimum absolute atomic E-state index is 0.173. The van der Waals surface area contributed by atoms with Crippen LogP contribution in [0.5, 0.6) is 0 Å². The van der Waals surface area contributed by atoms with Gasteiger partial charge in [0.25, 0.3) is 5.91 Å². The van der Waals surface area contributed by atoms with Crippen LogP contribution < -0.4 is 10.6 Å². The van der Waals surface area contributed by atoms with Crippen LogP contribution in [0.25, 0.3) is 0 Å². The standard InChI is InChI=1S/C13H17N5OS/c1-3-5-14-11-7-9(6-10(4-2)16-11)13(19)17-12-8-15-18-20-12/h6-8H,3-5H2,1-2H3,(H,14,16)(H,17,19). The number of pyridine rings is 1. The molecule has 0 saturated heterocycles. The summed E-state index contributed by atoms with van der Waals surface area (Å²) >= 11 is 1.15. The molecule has 2 rings (SSSR count). The maximum Gasteiger partial charge on any atom is 0.256 e. The molecule has 2 aromatic heterocycles. The van der Waals surface area contributed by atoms with Crippen LogP contribution in [0.15, 0.2) is 18.3 Å². The van der Waals surface area contributed by atoms with E-state index < -0.39 is 0 Å². The van der Waals surface area contributed by atoms with Crippen LogP contribution in [0.2, 0.25) is 0 Å². The number of rotatable bonds is 6. The number of hydrogen-bond acceptors (Lipinski definition) is 6. The molecule has 0 aliphatic carbocycles. The third-order valence-electron chi connectivity index (χ3n) is 2.66. The number of amides is 1. The van der Waals surface area contributed by atoms with Crippen LogP contribution in [0, 0.1) is 0 Å². The lowest BCUT2D eigenvalue weighted by molar-refractivity contribution is 0.102. The first-order valence-electron chi connectivity index (χ1n) is 6.56. The van der Waals surface area contributed by atoms with Gasteiger partial charge in [-0.1, -0.05) is 18.3 Å². The minimum atomic E-state index is -0.173. The van der Waals surface area contributed by atoms with Gasteiger partial charge in [-0.05, 0) is 25.0 Å². The molecule has 2 aromatic rings. The highest BCUT2D eigenvalue weighted by atomic mass is 32.1. The molecule has 0 bridgehead atoms. The average molecular weight is 291 g/mol. The molecule has 0 radical (unpaired) electrons. The Bertz CT molecular complexity index is 570. The fourth-order valence-electron chi connectivity index (χ4n) is 1.65. The number of hydrogen-bond donors (Lipinski definition) is 2. The molecule has 0 aliphatic rings. The largest absolute Gasteiger partial charge is 0.370 e. The number of nitrogens with zero attached hydrogens (tertiary/aromatic N) is 3. The summed E-state index contributed by atoms with van der Waals surface area (Å²) in [5.41, 5.74) is 1.47. The van der Waals surface area contributed by atoms with Gasteiger partial charge >= 0.3 is 0 Å². The molecular formula is C13H17N5OS. The SMILES string of the molecule is CCCNc1cc(C(=O)Nc2cnns2)cc(CC)n1. The van der Waals surface area contributed by atoms with Gasteiger partial charge in [-0.15, -0.1) is 5.10 Å². The van der Waals surface area contributed by atoms with E-state index in [1.54, 1.807) is 12.1 Å². The van der Waals surface area contributed by atoms with E-state index in [0.717, 1.165) is 42.4 Å². The molecule has 106 valence electrons. The first-order chi connectivity index (χ1) is 9.72. The quantitative estimate of drug-likeness (QED) is 0.855. The molecule has 20 heavy (non-hydrogen) atoms. The van der Waals surface area contributed by atoms with Crippen LogP contribution in [0.1, 0.15) is 36.3 Å². The van der Waals surface area contributed by atoms with Crippen molar-refractivity contribution in [1.82, 2.24) is 14.6 Å². The van der Waals surface area contributed by atoms with Gasteiger partial charge in [0.1, 0.15) is 10.8 Å². The summed E-state index contributed by atoms with van der Waals surface area (Å²) in [4.78, 5) is 16.6. The Hall–Kier alpha value is -2.02. The lowest BCUT2D eigenvalue weighted by atomic mass is 10.2. The smallest absolute Gasteiger partial charge is 0.256 e. The van der Waals surface area contributed by atoms with Gasteiger partial charge < -0.3 is 10.6 Å². The number of carbonyl (C=O) groups is 1. The van der Waals surface area contributed by atoms with Crippen molar-refractivity contribution >= 4 is 28.3 Å². The summed E-state index contributed by atoms with van der Waals surface area (Å²) in [6.45, 7) is 4.93. The summed E-state index contributed by atoms with van der Waals surface area (Å²) in [7, 11) is 0. The van der Waals surface area contributed by atoms with E-state index in [2.05, 4.69) is 32.1 Å². The van der Waals surface area contributed by atoms with Crippen LogP contribution in [-0.4, -0.2) is 27.0 Å². The van der Waals surface area contributed by atoms with Gasteiger partial charge in [-0.25, -0.2) is 4.98 Å². The van der Waals surface area contributed by atoms with E-state index in [0.29, 0.717) is 10.6 Å². The van der Waals surface area contributed by atoms with Crippen LogP contribution >= 0.6 is 11.5 Å². The summed E-state index contributed by atoms with van der Waals surface area (Å²) < 4.78 is 3.71. The second kappa shape index (κ2) is 6.95. The van der Waals surface area contributed by atoms with Crippen molar-refractivity contribution in [2.75, 3.05) is 17.2 Å². The highest BCUT2D eigenvalue weighted by Gasteiger charge is 2.10. The lowest BCUT2D eigenvalue weighted by Gasteiger charge is -2.09. The number of aromatic nitrogens is 3. The Morgan fingerprint density at radius 1 is 1.35 bits per heavy atom. The van der Waals surface area contributed by atoms with Crippen molar-refractivity contribution in [3.8, 4) is 0 Å². The number of nitrogens with one attached hydrogen (secondary N) is 2. The van der Waals surface area contributed by atoms with Crippen LogP contribution in [-0.2, 0) is 6.42 Å². The van der Waals surface area contributed by atoms with Crippen LogP contribution in [0.3, 0.4) is 0 Å². The molecule has 0 fully saturated rings. The molecule has 0 aliphatic heterocycles. The molecule has 0 unspecified atom stereocenters. The van der Waals surface area contributed by atoms with E-state index in [1.807, 2.05) is 6.92 Å². The zero-order chi connectivity index (χ0) is 14.4. The predicted octanol–water partition coefficient (Wildman–Crippen LogP) is 2.57. The van der Waals surface area contributed by atoms with Crippen LogP contribution in [0.4, 0.5) is 10.8 Å². The van der Waals surface area contributed by atoms with Crippen molar-refractivity contribution in [3.05, 3.63) is 29.6 Å². The second-order valence-electron chi connectivity index (χ2n) is 4.25. The number of anilines is 2. The molecule has 2 heterocycles. The number of carbonyl (C=O) groups excluding carboxylic acids is 1. The monoisotopic (exact) mass is 291 g/mol. The Labute approximate surface area is 121 Å². The van der Waals surface area contributed by atoms with Crippen molar-refractivity contribution in [2.24, 2.45) is 0 Å². The average Bonchev–Trinajstić information content (AvgIpc) is 2.97. The van der Waals surface area contributed by atoms with Crippen molar-refractivity contribution in [3.63, 3.8) is 0 Å². The summed E-state index contributed by atoms with van der Waals surface area (Å²) in [5.74, 6) is 0.562. The third-order valence-corrected chi connectivity index (χ3v) is 3.24. The molecule has 6 nitrogen and oxygen atoms in total. The molecule has 1 amide bonds. The molecule has 0 spiro atoms. The Balaban J connectivity index is 2.18. The normalized spacial score (nSPS) is 10.3. The van der Waals surface area contributed by atoms with Gasteiger partial charge in [0.05, 0.1) is 6.20 Å². The molecular weight excluding hydrogens is 274 g/mol. The Morgan fingerprint density at radius 2 is 2.20 bits per heavy atom. The minimum Gasteiger partial charge on any atom is -0.370 e. The highest BCUT2D eigenvalue weighted by Crippen LogP contribution is 2.15. The summed E-state index contributed by atoms with van der Waals surface area (Å²) in [6, 6.07) is 3.57. The Morgan fingerprint density at radius 3 is 2.85 bits per heavy atom. The topological polar surface area (TPSA) is 79.8 Å². The maximum atomic E-state index is 12.2. The van der Waals surface area contributed by atoms with E-state index in [4.69, 9.17) is 0 Å². The Kier molecular flexibility index (Phi) is 5.00. The third kappa shape index (κ3) is 3.74. The van der Waals surface area contributed by atoms with Gasteiger partial charge in [-0.3, -0.25) is 4.79 Å². The van der Waals surface area contributed by atoms with Crippen molar-refractivity contribution in [2.45, 2.75) is 26.7 Å². The van der Waals surface area contributed by atoms with Gasteiger partial charge in [0.15, 0.2) is 0 Å². The molecule has 0 saturated carbocycles. The zero-order valence-electron chi connectivity index (χ0n) is 11.5. The highest BCUT2D eigenvalue weighted by molar-refractivity contribution is 7.10. The first kappa shape index (κ1) is 14.4.